The summed E-state index contributed by atoms with van der Waals surface area (Å²) < 4.78 is 38.9. The summed E-state index contributed by atoms with van der Waals surface area (Å²) in [4.78, 5) is 22.3. The van der Waals surface area contributed by atoms with E-state index in [1.165, 1.54) is 42.3 Å². The molecule has 130 valence electrons. The van der Waals surface area contributed by atoms with Gasteiger partial charge >= 0.3 is 11.9 Å². The fourth-order valence-corrected chi connectivity index (χ4v) is 1.96. The molecule has 0 fully saturated rings. The topological polar surface area (TPSA) is 89.5 Å². The van der Waals surface area contributed by atoms with Crippen LogP contribution in [0.15, 0.2) is 0 Å². The van der Waals surface area contributed by atoms with Crippen LogP contribution in [-0.4, -0.2) is 78.0 Å². The van der Waals surface area contributed by atoms with Gasteiger partial charge in [-0.15, -0.1) is 0 Å². The van der Waals surface area contributed by atoms with Gasteiger partial charge in [-0.05, 0) is 0 Å². The first-order valence-electron chi connectivity index (χ1n) is 7.24. The van der Waals surface area contributed by atoms with Crippen molar-refractivity contribution < 1.29 is 39.4 Å². The lowest BCUT2D eigenvalue weighted by Crippen LogP contribution is -2.51. The highest BCUT2D eigenvalue weighted by atomic mass is 16.6. The Morgan fingerprint density at radius 3 is 1.82 bits per heavy atom. The fraction of sp³-hybridized carbons (Fsp3) is 0.857. The van der Waals surface area contributed by atoms with E-state index in [-0.39, 0.29) is 6.61 Å². The molecule has 0 aromatic carbocycles. The average Bonchev–Trinajstić information content (AvgIpc) is 2.45. The number of rotatable bonds is 11. The van der Waals surface area contributed by atoms with Crippen LogP contribution in [0.25, 0.3) is 0 Å². The summed E-state index contributed by atoms with van der Waals surface area (Å²) in [6.07, 6.45) is -3.37. The van der Waals surface area contributed by atoms with E-state index < -0.39 is 42.9 Å². The maximum Gasteiger partial charge on any atom is 0.303 e. The predicted molar refractivity (Wildman–Crippen MR) is 76.5 cm³/mol. The van der Waals surface area contributed by atoms with Crippen molar-refractivity contribution in [3.8, 4) is 0 Å². The first-order chi connectivity index (χ1) is 10.8. The van der Waals surface area contributed by atoms with E-state index in [1.54, 1.807) is 0 Å². The molecule has 0 aliphatic carbocycles. The van der Waals surface area contributed by atoms with E-state index in [4.69, 9.17) is 29.8 Å². The Hall–Kier alpha value is -1.22. The molecule has 0 saturated carbocycles. The summed E-state index contributed by atoms with van der Waals surface area (Å²) in [5.41, 5.74) is 0. The van der Waals surface area contributed by atoms with Crippen molar-refractivity contribution in [3.63, 3.8) is 0 Å². The molecule has 0 rings (SSSR count). The number of ether oxygens (including phenoxy) is 6. The summed E-state index contributed by atoms with van der Waals surface area (Å²) in [5, 5.41) is 0. The number of methoxy groups -OCH3 is 4. The van der Waals surface area contributed by atoms with Crippen LogP contribution >= 0.6 is 0 Å². The van der Waals surface area contributed by atoms with E-state index in [0.29, 0.717) is 0 Å². The van der Waals surface area contributed by atoms with Crippen LogP contribution in [0.2, 0.25) is 0 Å². The van der Waals surface area contributed by atoms with Gasteiger partial charge in [-0.1, -0.05) is 0 Å². The van der Waals surface area contributed by atoms with Gasteiger partial charge in [-0.3, -0.25) is 9.59 Å². The smallest absolute Gasteiger partial charge is 0.303 e. The van der Waals surface area contributed by atoms with Crippen molar-refractivity contribution >= 4 is 11.9 Å². The van der Waals surface area contributed by atoms with Crippen LogP contribution in [0.3, 0.4) is 0 Å². The highest BCUT2D eigenvalue weighted by molar-refractivity contribution is 5.66. The molecule has 0 amide bonds. The van der Waals surface area contributed by atoms with E-state index in [1.807, 2.05) is 0 Å². The molecule has 0 heterocycles. The van der Waals surface area contributed by atoms with Gasteiger partial charge in [-0.25, -0.2) is 0 Å². The summed E-state index contributed by atoms with van der Waals surface area (Å²) >= 11 is 0. The Labute approximate surface area is 132 Å². The molecule has 0 N–H and O–H groups in total. The van der Waals surface area contributed by atoms with Gasteiger partial charge in [0.05, 0.1) is 7.98 Å². The molecule has 0 radical (unpaired) electrons. The quantitative estimate of drug-likeness (QED) is 0.497. The summed E-state index contributed by atoms with van der Waals surface area (Å²) in [6.45, 7) is 1.18. The van der Waals surface area contributed by atoms with Gasteiger partial charge < -0.3 is 28.4 Å². The number of esters is 2. The first-order valence-corrected chi connectivity index (χ1v) is 6.66. The summed E-state index contributed by atoms with van der Waals surface area (Å²) in [7, 11) is 5.59. The zero-order chi connectivity index (χ0) is 18.0. The molecule has 5 atom stereocenters. The molecule has 0 aromatic rings. The molecule has 22 heavy (non-hydrogen) atoms. The Kier molecular flexibility index (Phi) is 9.72. The highest BCUT2D eigenvalue weighted by Crippen LogP contribution is 2.17. The second-order valence-corrected chi connectivity index (χ2v) is 4.45. The fourth-order valence-electron chi connectivity index (χ4n) is 1.96. The molecular formula is C14H26O8. The summed E-state index contributed by atoms with van der Waals surface area (Å²) in [6, 6.07) is 0. The molecule has 0 bridgehead atoms. The SMILES string of the molecule is [2H]C(OC(C)=O)[C@@H](OC)[C@@H](OC)[C@@H](OC)[C@H](COC)OC(C)=O. The van der Waals surface area contributed by atoms with Gasteiger partial charge in [0.1, 0.15) is 24.9 Å². The molecule has 0 aliphatic heterocycles. The minimum absolute atomic E-state index is 0.0601. The van der Waals surface area contributed by atoms with E-state index in [2.05, 4.69) is 0 Å². The Bertz CT molecular complexity index is 365. The van der Waals surface area contributed by atoms with Crippen molar-refractivity contribution in [3.05, 3.63) is 0 Å². The Morgan fingerprint density at radius 1 is 0.909 bits per heavy atom. The number of carbonyl (C=O) groups excluding carboxylic acids is 2. The standard InChI is InChI=1S/C14H26O8/c1-9(15)21-8-11(18-4)13(19-5)14(20-6)12(7-17-3)22-10(2)16/h11-14H,7-8H2,1-6H3/t11-,12+,13-,14+/m1/s1/i8D/t8?,11-,12+,13-,14+. The zero-order valence-electron chi connectivity index (χ0n) is 14.9. The molecule has 0 aliphatic rings. The number of carbonyl (C=O) groups is 2. The third-order valence-corrected chi connectivity index (χ3v) is 2.85. The number of hydrogen-bond acceptors (Lipinski definition) is 8. The third-order valence-electron chi connectivity index (χ3n) is 2.85. The molecule has 0 spiro atoms. The normalized spacial score (nSPS) is 18.5. The average molecular weight is 323 g/mol. The lowest BCUT2D eigenvalue weighted by molar-refractivity contribution is -0.185. The summed E-state index contributed by atoms with van der Waals surface area (Å²) in [5.74, 6) is -1.13. The van der Waals surface area contributed by atoms with Crippen LogP contribution in [-0.2, 0) is 38.0 Å². The van der Waals surface area contributed by atoms with Gasteiger partial charge in [0, 0.05) is 42.3 Å². The van der Waals surface area contributed by atoms with Crippen LogP contribution in [0.4, 0.5) is 0 Å². The van der Waals surface area contributed by atoms with Crippen LogP contribution < -0.4 is 0 Å². The molecule has 1 unspecified atom stereocenters. The van der Waals surface area contributed by atoms with Crippen LogP contribution in [0, 0.1) is 0 Å². The first kappa shape index (κ1) is 18.8. The van der Waals surface area contributed by atoms with E-state index in [0.717, 1.165) is 0 Å². The van der Waals surface area contributed by atoms with Gasteiger partial charge in [0.15, 0.2) is 6.10 Å². The van der Waals surface area contributed by atoms with E-state index in [9.17, 15) is 9.59 Å². The maximum absolute atomic E-state index is 11.3. The minimum Gasteiger partial charge on any atom is -0.463 e. The minimum atomic E-state index is -1.33. The lowest BCUT2D eigenvalue weighted by atomic mass is 10.0. The van der Waals surface area contributed by atoms with Crippen molar-refractivity contribution in [1.29, 1.82) is 0 Å². The lowest BCUT2D eigenvalue weighted by Gasteiger charge is -2.34. The van der Waals surface area contributed by atoms with Gasteiger partial charge in [-0.2, -0.15) is 0 Å². The Morgan fingerprint density at radius 2 is 1.45 bits per heavy atom. The molecular weight excluding hydrogens is 296 g/mol. The largest absolute Gasteiger partial charge is 0.463 e. The van der Waals surface area contributed by atoms with Crippen LogP contribution in [0.1, 0.15) is 15.2 Å². The van der Waals surface area contributed by atoms with E-state index >= 15 is 0 Å². The van der Waals surface area contributed by atoms with Crippen molar-refractivity contribution in [1.82, 2.24) is 0 Å². The molecule has 0 saturated heterocycles. The van der Waals surface area contributed by atoms with Gasteiger partial charge in [0.25, 0.3) is 0 Å². The van der Waals surface area contributed by atoms with Gasteiger partial charge in [0.2, 0.25) is 0 Å². The molecule has 0 aromatic heterocycles. The second kappa shape index (κ2) is 11.4. The monoisotopic (exact) mass is 323 g/mol. The molecule has 8 heteroatoms. The Balaban J connectivity index is 5.34. The van der Waals surface area contributed by atoms with Crippen molar-refractivity contribution in [2.75, 3.05) is 41.6 Å². The maximum atomic E-state index is 11.3. The zero-order valence-corrected chi connectivity index (χ0v) is 13.9. The van der Waals surface area contributed by atoms with Crippen LogP contribution in [0.5, 0.6) is 0 Å². The number of hydrogen-bond donors (Lipinski definition) is 0. The third kappa shape index (κ3) is 7.17. The van der Waals surface area contributed by atoms with Crippen molar-refractivity contribution in [2.45, 2.75) is 38.3 Å². The predicted octanol–water partition coefficient (Wildman–Crippen LogP) is 0.173. The van der Waals surface area contributed by atoms with Crippen molar-refractivity contribution in [2.24, 2.45) is 0 Å². The molecule has 8 nitrogen and oxygen atoms in total. The highest BCUT2D eigenvalue weighted by Gasteiger charge is 2.38. The second-order valence-electron chi connectivity index (χ2n) is 4.45.